The molecule has 7 nitrogen and oxygen atoms in total. The summed E-state index contributed by atoms with van der Waals surface area (Å²) in [5, 5.41) is 20.3. The van der Waals surface area contributed by atoms with Crippen LogP contribution < -0.4 is 4.74 Å². The highest BCUT2D eigenvalue weighted by Crippen LogP contribution is 2.33. The van der Waals surface area contributed by atoms with Crippen LogP contribution in [-0.4, -0.2) is 39.8 Å². The Morgan fingerprint density at radius 1 is 1.27 bits per heavy atom. The first-order chi connectivity index (χ1) is 12.3. The number of carbonyl (C=O) groups excluding carboxylic acids is 1. The highest BCUT2D eigenvalue weighted by Gasteiger charge is 2.46. The van der Waals surface area contributed by atoms with Crippen LogP contribution in [0, 0.1) is 10.1 Å². The standard InChI is InChI=1S/C17H14F2N2O5/c18-17(19)9-20(10-17)16(23)12-2-1-3-13(7-12)26-15-6-11(8-22)4-5-14(15)21(24)25/h1-7,22H,8-10H2. The number of carbonyl (C=O) groups is 1. The second kappa shape index (κ2) is 6.68. The first-order valence-corrected chi connectivity index (χ1v) is 7.62. The summed E-state index contributed by atoms with van der Waals surface area (Å²) in [6, 6.07) is 9.67. The monoisotopic (exact) mass is 364 g/mol. The summed E-state index contributed by atoms with van der Waals surface area (Å²) in [6.45, 7) is -1.60. The summed E-state index contributed by atoms with van der Waals surface area (Å²) in [4.78, 5) is 23.7. The van der Waals surface area contributed by atoms with Crippen molar-refractivity contribution in [2.75, 3.05) is 13.1 Å². The van der Waals surface area contributed by atoms with Crippen molar-refractivity contribution in [3.63, 3.8) is 0 Å². The normalized spacial score (nSPS) is 15.3. The second-order valence-corrected chi connectivity index (χ2v) is 5.86. The zero-order valence-electron chi connectivity index (χ0n) is 13.4. The molecule has 0 aromatic heterocycles. The Balaban J connectivity index is 1.83. The van der Waals surface area contributed by atoms with E-state index in [4.69, 9.17) is 4.74 Å². The molecule has 3 rings (SSSR count). The lowest BCUT2D eigenvalue weighted by Gasteiger charge is -2.38. The summed E-state index contributed by atoms with van der Waals surface area (Å²) in [6.07, 6.45) is 0. The fourth-order valence-corrected chi connectivity index (χ4v) is 2.55. The third-order valence-electron chi connectivity index (χ3n) is 3.84. The van der Waals surface area contributed by atoms with Gasteiger partial charge in [-0.2, -0.15) is 0 Å². The first-order valence-electron chi connectivity index (χ1n) is 7.62. The number of nitro benzene ring substituents is 1. The van der Waals surface area contributed by atoms with E-state index in [2.05, 4.69) is 0 Å². The van der Waals surface area contributed by atoms with Crippen molar-refractivity contribution < 1.29 is 28.3 Å². The average molecular weight is 364 g/mol. The number of ether oxygens (including phenoxy) is 1. The van der Waals surface area contributed by atoms with Crippen molar-refractivity contribution in [2.24, 2.45) is 0 Å². The van der Waals surface area contributed by atoms with Gasteiger partial charge in [-0.05, 0) is 35.9 Å². The Hall–Kier alpha value is -3.07. The molecule has 0 saturated carbocycles. The molecule has 2 aromatic rings. The number of rotatable bonds is 5. The lowest BCUT2D eigenvalue weighted by atomic mass is 10.1. The number of likely N-dealkylation sites (tertiary alicyclic amines) is 1. The number of amides is 1. The Kier molecular flexibility index (Phi) is 4.56. The van der Waals surface area contributed by atoms with Gasteiger partial charge in [0.2, 0.25) is 5.75 Å². The fourth-order valence-electron chi connectivity index (χ4n) is 2.55. The van der Waals surface area contributed by atoms with Crippen LogP contribution in [0.4, 0.5) is 14.5 Å². The molecule has 26 heavy (non-hydrogen) atoms. The molecule has 1 N–H and O–H groups in total. The van der Waals surface area contributed by atoms with Gasteiger partial charge in [-0.3, -0.25) is 14.9 Å². The summed E-state index contributed by atoms with van der Waals surface area (Å²) in [5.74, 6) is -3.39. The number of aliphatic hydroxyl groups is 1. The molecule has 1 aliphatic heterocycles. The van der Waals surface area contributed by atoms with Crippen molar-refractivity contribution in [1.82, 2.24) is 4.90 Å². The van der Waals surface area contributed by atoms with Crippen LogP contribution in [0.25, 0.3) is 0 Å². The van der Waals surface area contributed by atoms with E-state index in [0.717, 1.165) is 4.90 Å². The summed E-state index contributed by atoms with van der Waals surface area (Å²) < 4.78 is 31.3. The minimum atomic E-state index is -2.87. The Labute approximate surface area is 146 Å². The smallest absolute Gasteiger partial charge is 0.311 e. The predicted molar refractivity (Wildman–Crippen MR) is 86.4 cm³/mol. The highest BCUT2D eigenvalue weighted by atomic mass is 19.3. The largest absolute Gasteiger partial charge is 0.450 e. The average Bonchev–Trinajstić information content (AvgIpc) is 2.58. The molecule has 0 atom stereocenters. The summed E-state index contributed by atoms with van der Waals surface area (Å²) >= 11 is 0. The van der Waals surface area contributed by atoms with Crippen LogP contribution in [0.5, 0.6) is 11.5 Å². The highest BCUT2D eigenvalue weighted by molar-refractivity contribution is 5.95. The van der Waals surface area contributed by atoms with E-state index in [1.807, 2.05) is 0 Å². The zero-order chi connectivity index (χ0) is 18.9. The van der Waals surface area contributed by atoms with Crippen molar-refractivity contribution in [2.45, 2.75) is 12.5 Å². The minimum Gasteiger partial charge on any atom is -0.450 e. The molecule has 0 aliphatic carbocycles. The van der Waals surface area contributed by atoms with Gasteiger partial charge in [-0.25, -0.2) is 8.78 Å². The number of nitrogens with zero attached hydrogens (tertiary/aromatic N) is 2. The fraction of sp³-hybridized carbons (Fsp3) is 0.235. The molecule has 1 saturated heterocycles. The van der Waals surface area contributed by atoms with E-state index < -0.39 is 29.8 Å². The molecule has 0 radical (unpaired) electrons. The van der Waals surface area contributed by atoms with Gasteiger partial charge < -0.3 is 14.7 Å². The first kappa shape index (κ1) is 17.7. The number of hydrogen-bond donors (Lipinski definition) is 1. The molecule has 1 amide bonds. The quantitative estimate of drug-likeness (QED) is 0.650. The number of nitro groups is 1. The van der Waals surface area contributed by atoms with E-state index in [1.165, 1.54) is 42.5 Å². The van der Waals surface area contributed by atoms with Gasteiger partial charge in [-0.1, -0.05) is 6.07 Å². The molecule has 0 unspecified atom stereocenters. The predicted octanol–water partition coefficient (Wildman–Crippen LogP) is 2.97. The zero-order valence-corrected chi connectivity index (χ0v) is 13.4. The minimum absolute atomic E-state index is 0.0957. The van der Waals surface area contributed by atoms with E-state index in [9.17, 15) is 28.8 Å². The SMILES string of the molecule is O=C(c1cccc(Oc2cc(CO)ccc2[N+](=O)[O-])c1)N1CC(F)(F)C1. The van der Waals surface area contributed by atoms with Crippen LogP contribution in [0.2, 0.25) is 0 Å². The topological polar surface area (TPSA) is 92.9 Å². The molecule has 136 valence electrons. The van der Waals surface area contributed by atoms with Gasteiger partial charge in [0, 0.05) is 11.6 Å². The Morgan fingerprint density at radius 2 is 2.00 bits per heavy atom. The molecule has 0 bridgehead atoms. The van der Waals surface area contributed by atoms with Crippen LogP contribution in [0.1, 0.15) is 15.9 Å². The second-order valence-electron chi connectivity index (χ2n) is 5.86. The maximum Gasteiger partial charge on any atom is 0.311 e. The summed E-state index contributed by atoms with van der Waals surface area (Å²) in [7, 11) is 0. The molecule has 9 heteroatoms. The molecular formula is C17H14F2N2O5. The van der Waals surface area contributed by atoms with Crippen LogP contribution in [0.3, 0.4) is 0 Å². The van der Waals surface area contributed by atoms with Crippen molar-refractivity contribution in [1.29, 1.82) is 0 Å². The molecule has 1 aliphatic rings. The van der Waals surface area contributed by atoms with E-state index in [-0.39, 0.29) is 29.4 Å². The Morgan fingerprint density at radius 3 is 2.62 bits per heavy atom. The number of benzene rings is 2. The third-order valence-corrected chi connectivity index (χ3v) is 3.84. The van der Waals surface area contributed by atoms with Gasteiger partial charge in [0.05, 0.1) is 24.6 Å². The van der Waals surface area contributed by atoms with Gasteiger partial charge >= 0.3 is 5.69 Å². The lowest BCUT2D eigenvalue weighted by molar-refractivity contribution is -0.385. The van der Waals surface area contributed by atoms with Gasteiger partial charge in [-0.15, -0.1) is 0 Å². The van der Waals surface area contributed by atoms with Crippen molar-refractivity contribution in [3.05, 3.63) is 63.7 Å². The molecule has 0 spiro atoms. The molecule has 1 heterocycles. The van der Waals surface area contributed by atoms with Crippen LogP contribution >= 0.6 is 0 Å². The maximum absolute atomic E-state index is 12.9. The van der Waals surface area contributed by atoms with Gasteiger partial charge in [0.1, 0.15) is 5.75 Å². The summed E-state index contributed by atoms with van der Waals surface area (Å²) in [5.41, 5.74) is 0.251. The van der Waals surface area contributed by atoms with E-state index in [0.29, 0.717) is 5.56 Å². The lowest BCUT2D eigenvalue weighted by Crippen LogP contribution is -2.58. The number of halogens is 2. The number of hydrogen-bond acceptors (Lipinski definition) is 5. The van der Waals surface area contributed by atoms with Crippen LogP contribution in [-0.2, 0) is 6.61 Å². The van der Waals surface area contributed by atoms with Crippen LogP contribution in [0.15, 0.2) is 42.5 Å². The van der Waals surface area contributed by atoms with Gasteiger partial charge in [0.15, 0.2) is 0 Å². The number of alkyl halides is 2. The maximum atomic E-state index is 12.9. The van der Waals surface area contributed by atoms with Crippen molar-refractivity contribution in [3.8, 4) is 11.5 Å². The number of aliphatic hydroxyl groups excluding tert-OH is 1. The molecule has 1 fully saturated rings. The van der Waals surface area contributed by atoms with Crippen molar-refractivity contribution >= 4 is 11.6 Å². The molecular weight excluding hydrogens is 350 g/mol. The van der Waals surface area contributed by atoms with E-state index in [1.54, 1.807) is 0 Å². The Bertz CT molecular complexity index is 864. The molecule has 2 aromatic carbocycles. The third kappa shape index (κ3) is 3.62. The van der Waals surface area contributed by atoms with Gasteiger partial charge in [0.25, 0.3) is 11.8 Å². The van der Waals surface area contributed by atoms with E-state index >= 15 is 0 Å².